The zero-order valence-corrected chi connectivity index (χ0v) is 15.1. The van der Waals surface area contributed by atoms with Gasteiger partial charge in [0.1, 0.15) is 12.1 Å². The summed E-state index contributed by atoms with van der Waals surface area (Å²) >= 11 is 0. The van der Waals surface area contributed by atoms with Gasteiger partial charge in [0.2, 0.25) is 5.88 Å². The summed E-state index contributed by atoms with van der Waals surface area (Å²) < 4.78 is 5.80. The van der Waals surface area contributed by atoms with E-state index >= 15 is 0 Å². The largest absolute Gasteiger partial charge is 0.471 e. The molecule has 0 saturated carbocycles. The van der Waals surface area contributed by atoms with E-state index in [2.05, 4.69) is 26.8 Å². The molecule has 140 valence electrons. The molecule has 0 aliphatic rings. The number of nitrogens with zero attached hydrogens (tertiary/aromatic N) is 4. The average molecular weight is 382 g/mol. The summed E-state index contributed by atoms with van der Waals surface area (Å²) in [6.07, 6.45) is 1.62. The Bertz CT molecular complexity index is 1250. The van der Waals surface area contributed by atoms with Crippen molar-refractivity contribution in [3.8, 4) is 17.7 Å². The third-order valence-corrected chi connectivity index (χ3v) is 4.06. The molecule has 0 aliphatic carbocycles. The highest BCUT2D eigenvalue weighted by Crippen LogP contribution is 2.22. The molecule has 2 heterocycles. The van der Waals surface area contributed by atoms with Crippen LogP contribution in [0.5, 0.6) is 5.88 Å². The molecule has 0 amide bonds. The molecule has 0 atom stereocenters. The fourth-order valence-corrected chi connectivity index (χ4v) is 2.67. The SMILES string of the molecule is O=[N+]([O-])c1ccccc1COc1nc2cccnc2nc1C#Cc1ccccc1. The number of hydrogen-bond acceptors (Lipinski definition) is 6. The standard InChI is InChI=1S/C22H14N4O3/c27-26(28)20-11-5-4-9-17(20)15-29-22-19(13-12-16-7-2-1-3-8-16)24-21-18(25-22)10-6-14-23-21/h1-11,14H,15H2. The molecule has 4 aromatic rings. The smallest absolute Gasteiger partial charge is 0.276 e. The van der Waals surface area contributed by atoms with Gasteiger partial charge in [0, 0.05) is 17.8 Å². The first-order valence-corrected chi connectivity index (χ1v) is 8.75. The number of nitro benzene ring substituents is 1. The first kappa shape index (κ1) is 18.1. The van der Waals surface area contributed by atoms with Gasteiger partial charge in [-0.1, -0.05) is 36.3 Å². The molecule has 2 aromatic heterocycles. The normalized spacial score (nSPS) is 10.2. The molecule has 0 aliphatic heterocycles. The molecule has 0 N–H and O–H groups in total. The van der Waals surface area contributed by atoms with Gasteiger partial charge >= 0.3 is 0 Å². The monoisotopic (exact) mass is 382 g/mol. The lowest BCUT2D eigenvalue weighted by atomic mass is 10.2. The van der Waals surface area contributed by atoms with Gasteiger partial charge < -0.3 is 4.74 Å². The molecular formula is C22H14N4O3. The quantitative estimate of drug-likeness (QED) is 0.302. The molecule has 0 fully saturated rings. The molecule has 29 heavy (non-hydrogen) atoms. The maximum atomic E-state index is 11.2. The van der Waals surface area contributed by atoms with Gasteiger partial charge in [0.25, 0.3) is 5.69 Å². The van der Waals surface area contributed by atoms with Crippen molar-refractivity contribution < 1.29 is 9.66 Å². The summed E-state index contributed by atoms with van der Waals surface area (Å²) in [6.45, 7) is -0.0301. The van der Waals surface area contributed by atoms with Crippen molar-refractivity contribution in [1.29, 1.82) is 0 Å². The van der Waals surface area contributed by atoms with Crippen LogP contribution in [0, 0.1) is 22.0 Å². The Morgan fingerprint density at radius 1 is 0.931 bits per heavy atom. The molecule has 7 nitrogen and oxygen atoms in total. The van der Waals surface area contributed by atoms with Gasteiger partial charge in [-0.2, -0.15) is 0 Å². The minimum absolute atomic E-state index is 0.0140. The summed E-state index contributed by atoms with van der Waals surface area (Å²) in [4.78, 5) is 23.9. The van der Waals surface area contributed by atoms with Crippen LogP contribution >= 0.6 is 0 Å². The fourth-order valence-electron chi connectivity index (χ4n) is 2.67. The Morgan fingerprint density at radius 2 is 1.72 bits per heavy atom. The minimum atomic E-state index is -0.440. The zero-order valence-electron chi connectivity index (χ0n) is 15.1. The van der Waals surface area contributed by atoms with Crippen molar-refractivity contribution in [2.45, 2.75) is 6.61 Å². The zero-order chi connectivity index (χ0) is 20.1. The number of aromatic nitrogens is 3. The van der Waals surface area contributed by atoms with Gasteiger partial charge in [-0.15, -0.1) is 0 Å². The average Bonchev–Trinajstić information content (AvgIpc) is 2.76. The molecule has 0 spiro atoms. The second-order valence-corrected chi connectivity index (χ2v) is 6.01. The number of para-hydroxylation sites is 1. The van der Waals surface area contributed by atoms with E-state index in [1.165, 1.54) is 6.07 Å². The molecule has 0 saturated heterocycles. The molecule has 0 radical (unpaired) electrons. The Morgan fingerprint density at radius 3 is 2.55 bits per heavy atom. The number of pyridine rings is 1. The number of ether oxygens (including phenoxy) is 1. The topological polar surface area (TPSA) is 91.0 Å². The van der Waals surface area contributed by atoms with Crippen molar-refractivity contribution >= 4 is 16.9 Å². The van der Waals surface area contributed by atoms with E-state index in [4.69, 9.17) is 4.74 Å². The van der Waals surface area contributed by atoms with Gasteiger partial charge in [0.05, 0.1) is 10.5 Å². The highest BCUT2D eigenvalue weighted by atomic mass is 16.6. The van der Waals surface area contributed by atoms with Crippen molar-refractivity contribution in [3.05, 3.63) is 99.9 Å². The van der Waals surface area contributed by atoms with Crippen molar-refractivity contribution in [2.75, 3.05) is 0 Å². The van der Waals surface area contributed by atoms with Crippen LogP contribution in [-0.2, 0) is 6.61 Å². The van der Waals surface area contributed by atoms with E-state index in [-0.39, 0.29) is 18.2 Å². The predicted molar refractivity (Wildman–Crippen MR) is 107 cm³/mol. The molecule has 0 bridgehead atoms. The van der Waals surface area contributed by atoms with Gasteiger partial charge in [0.15, 0.2) is 11.3 Å². The van der Waals surface area contributed by atoms with Crippen LogP contribution in [-0.4, -0.2) is 19.9 Å². The van der Waals surface area contributed by atoms with Crippen LogP contribution < -0.4 is 4.74 Å². The highest BCUT2D eigenvalue weighted by molar-refractivity contribution is 5.71. The van der Waals surface area contributed by atoms with Crippen LogP contribution in [0.3, 0.4) is 0 Å². The Hall–Kier alpha value is -4.31. The fraction of sp³-hybridized carbons (Fsp3) is 0.0455. The van der Waals surface area contributed by atoms with Crippen LogP contribution in [0.2, 0.25) is 0 Å². The molecule has 4 rings (SSSR count). The number of rotatable bonds is 4. The number of fused-ring (bicyclic) bond motifs is 1. The lowest BCUT2D eigenvalue weighted by Crippen LogP contribution is -2.04. The summed E-state index contributed by atoms with van der Waals surface area (Å²) in [7, 11) is 0. The third kappa shape index (κ3) is 4.17. The van der Waals surface area contributed by atoms with Gasteiger partial charge in [-0.3, -0.25) is 10.1 Å². The van der Waals surface area contributed by atoms with E-state index in [0.29, 0.717) is 22.4 Å². The second-order valence-electron chi connectivity index (χ2n) is 6.01. The Balaban J connectivity index is 1.71. The summed E-state index contributed by atoms with van der Waals surface area (Å²) in [5, 5.41) is 11.2. The van der Waals surface area contributed by atoms with Crippen molar-refractivity contribution in [3.63, 3.8) is 0 Å². The van der Waals surface area contributed by atoms with E-state index < -0.39 is 4.92 Å². The molecule has 2 aromatic carbocycles. The number of nitro groups is 1. The van der Waals surface area contributed by atoms with Crippen LogP contribution in [0.15, 0.2) is 72.9 Å². The van der Waals surface area contributed by atoms with Gasteiger partial charge in [-0.05, 0) is 36.3 Å². The van der Waals surface area contributed by atoms with Crippen LogP contribution in [0.4, 0.5) is 5.69 Å². The van der Waals surface area contributed by atoms with Crippen molar-refractivity contribution in [2.24, 2.45) is 0 Å². The third-order valence-electron chi connectivity index (χ3n) is 4.06. The Labute approximate surface area is 166 Å². The first-order valence-electron chi connectivity index (χ1n) is 8.75. The van der Waals surface area contributed by atoms with Crippen LogP contribution in [0.1, 0.15) is 16.8 Å². The highest BCUT2D eigenvalue weighted by Gasteiger charge is 2.15. The van der Waals surface area contributed by atoms with Crippen molar-refractivity contribution in [1.82, 2.24) is 15.0 Å². The summed E-state index contributed by atoms with van der Waals surface area (Å²) in [6, 6.07) is 19.4. The maximum absolute atomic E-state index is 11.2. The lowest BCUT2D eigenvalue weighted by Gasteiger charge is -2.08. The lowest BCUT2D eigenvalue weighted by molar-refractivity contribution is -0.385. The van der Waals surface area contributed by atoms with E-state index in [1.807, 2.05) is 30.3 Å². The first-order chi connectivity index (χ1) is 14.2. The minimum Gasteiger partial charge on any atom is -0.471 e. The predicted octanol–water partition coefficient (Wildman–Crippen LogP) is 3.91. The number of benzene rings is 2. The van der Waals surface area contributed by atoms with Gasteiger partial charge in [-0.25, -0.2) is 15.0 Å². The molecular weight excluding hydrogens is 368 g/mol. The summed E-state index contributed by atoms with van der Waals surface area (Å²) in [5.41, 5.74) is 2.56. The Kier molecular flexibility index (Phi) is 5.08. The van der Waals surface area contributed by atoms with E-state index in [0.717, 1.165) is 5.56 Å². The molecule has 7 heteroatoms. The molecule has 0 unspecified atom stereocenters. The van der Waals surface area contributed by atoms with E-state index in [1.54, 1.807) is 36.5 Å². The number of hydrogen-bond donors (Lipinski definition) is 0. The maximum Gasteiger partial charge on any atom is 0.276 e. The van der Waals surface area contributed by atoms with E-state index in [9.17, 15) is 10.1 Å². The summed E-state index contributed by atoms with van der Waals surface area (Å²) in [5.74, 6) is 6.20. The second kappa shape index (κ2) is 8.15. The van der Waals surface area contributed by atoms with Crippen LogP contribution in [0.25, 0.3) is 11.2 Å².